The van der Waals surface area contributed by atoms with Crippen LogP contribution in [0.25, 0.3) is 0 Å². The molecule has 0 N–H and O–H groups in total. The molecule has 1 aliphatic heterocycles. The Kier molecular flexibility index (Phi) is 6.57. The van der Waals surface area contributed by atoms with Crippen molar-refractivity contribution in [1.29, 1.82) is 0 Å². The van der Waals surface area contributed by atoms with Crippen molar-refractivity contribution in [2.45, 2.75) is 39.3 Å². The van der Waals surface area contributed by atoms with Gasteiger partial charge < -0.3 is 4.74 Å². The Morgan fingerprint density at radius 2 is 1.91 bits per heavy atom. The van der Waals surface area contributed by atoms with Gasteiger partial charge in [-0.25, -0.2) is 0 Å². The van der Waals surface area contributed by atoms with E-state index in [1.807, 2.05) is 51.1 Å². The molecule has 0 spiro atoms. The molecule has 1 aromatic rings. The molecule has 4 nitrogen and oxygen atoms in total. The van der Waals surface area contributed by atoms with Crippen molar-refractivity contribution >= 4 is 24.2 Å². The molecule has 1 atom stereocenters. The predicted molar refractivity (Wildman–Crippen MR) is 87.9 cm³/mol. The van der Waals surface area contributed by atoms with Crippen LogP contribution in [0.3, 0.4) is 0 Å². The van der Waals surface area contributed by atoms with E-state index in [1.165, 1.54) is 5.56 Å². The lowest BCUT2D eigenvalue weighted by Gasteiger charge is -2.31. The third-order valence-corrected chi connectivity index (χ3v) is 3.44. The van der Waals surface area contributed by atoms with Crippen molar-refractivity contribution < 1.29 is 14.3 Å². The molecule has 1 aliphatic rings. The van der Waals surface area contributed by atoms with Crippen LogP contribution in [-0.2, 0) is 20.9 Å². The fourth-order valence-electron chi connectivity index (χ4n) is 2.48. The number of carbonyl (C=O) groups excluding carboxylic acids is 2. The number of rotatable bonds is 3. The number of hydrogen-bond acceptors (Lipinski definition) is 4. The van der Waals surface area contributed by atoms with Crippen LogP contribution in [0, 0.1) is 5.92 Å². The van der Waals surface area contributed by atoms with Crippen LogP contribution < -0.4 is 0 Å². The van der Waals surface area contributed by atoms with Crippen LogP contribution in [-0.4, -0.2) is 35.3 Å². The number of esters is 1. The summed E-state index contributed by atoms with van der Waals surface area (Å²) in [6, 6.07) is 10.0. The highest BCUT2D eigenvalue weighted by molar-refractivity contribution is 6.00. The summed E-state index contributed by atoms with van der Waals surface area (Å²) in [5.41, 5.74) is 0.638. The van der Waals surface area contributed by atoms with E-state index in [0.29, 0.717) is 13.0 Å². The fraction of sp³-hybridized carbons (Fsp3) is 0.529. The molecule has 0 aromatic heterocycles. The van der Waals surface area contributed by atoms with E-state index in [4.69, 9.17) is 4.74 Å². The average Bonchev–Trinajstić information content (AvgIpc) is 2.37. The molecule has 1 saturated heterocycles. The quantitative estimate of drug-likeness (QED) is 0.633. The Morgan fingerprint density at radius 1 is 1.27 bits per heavy atom. The first-order valence-corrected chi connectivity index (χ1v) is 7.37. The molecule has 1 unspecified atom stereocenters. The standard InChI is InChI=1S/C17H23NO3.ClH/c1-17(2,3)21-16(20)14-9-10-18(12-15(14)19)11-13-7-5-4-6-8-13;/h4-8,14H,9-12H2,1-3H3;1H. The Labute approximate surface area is 138 Å². The highest BCUT2D eigenvalue weighted by Gasteiger charge is 2.35. The van der Waals surface area contributed by atoms with Crippen LogP contribution in [0.4, 0.5) is 0 Å². The summed E-state index contributed by atoms with van der Waals surface area (Å²) in [7, 11) is 0. The molecule has 0 radical (unpaired) electrons. The molecular formula is C17H24ClNO3. The Morgan fingerprint density at radius 3 is 2.45 bits per heavy atom. The number of nitrogens with zero attached hydrogens (tertiary/aromatic N) is 1. The minimum atomic E-state index is -0.601. The SMILES string of the molecule is CC(C)(C)OC(=O)C1CCN(Cc2ccccc2)CC1=O.Cl. The molecule has 0 amide bonds. The predicted octanol–water partition coefficient (Wildman–Crippen LogP) is 2.84. The Bertz CT molecular complexity index is 510. The molecule has 2 rings (SSSR count). The largest absolute Gasteiger partial charge is 0.459 e. The summed E-state index contributed by atoms with van der Waals surface area (Å²) in [5.74, 6) is -1.02. The molecule has 122 valence electrons. The van der Waals surface area contributed by atoms with Gasteiger partial charge in [-0.15, -0.1) is 12.4 Å². The molecule has 1 aromatic carbocycles. The molecular weight excluding hydrogens is 302 g/mol. The fourth-order valence-corrected chi connectivity index (χ4v) is 2.48. The van der Waals surface area contributed by atoms with Gasteiger partial charge in [-0.3, -0.25) is 14.5 Å². The molecule has 0 saturated carbocycles. The maximum absolute atomic E-state index is 12.2. The van der Waals surface area contributed by atoms with Gasteiger partial charge in [0, 0.05) is 13.1 Å². The highest BCUT2D eigenvalue weighted by atomic mass is 35.5. The third kappa shape index (κ3) is 5.43. The number of ketones is 1. The summed E-state index contributed by atoms with van der Waals surface area (Å²) in [4.78, 5) is 26.3. The van der Waals surface area contributed by atoms with E-state index in [2.05, 4.69) is 4.90 Å². The second-order valence-electron chi connectivity index (χ2n) is 6.54. The first kappa shape index (κ1) is 18.7. The minimum absolute atomic E-state index is 0. The second-order valence-corrected chi connectivity index (χ2v) is 6.54. The lowest BCUT2D eigenvalue weighted by molar-refractivity contribution is -0.163. The topological polar surface area (TPSA) is 46.6 Å². The van der Waals surface area contributed by atoms with E-state index in [0.717, 1.165) is 13.1 Å². The smallest absolute Gasteiger partial charge is 0.317 e. The van der Waals surface area contributed by atoms with Crippen molar-refractivity contribution in [2.24, 2.45) is 5.92 Å². The van der Waals surface area contributed by atoms with Gasteiger partial charge in [0.2, 0.25) is 0 Å². The van der Waals surface area contributed by atoms with Crippen LogP contribution in [0.1, 0.15) is 32.8 Å². The minimum Gasteiger partial charge on any atom is -0.459 e. The van der Waals surface area contributed by atoms with Crippen molar-refractivity contribution in [3.8, 4) is 0 Å². The number of Topliss-reactive ketones (excluding diaryl/α,β-unsaturated/α-hetero) is 1. The van der Waals surface area contributed by atoms with E-state index in [-0.39, 0.29) is 24.2 Å². The Balaban J connectivity index is 0.00000242. The highest BCUT2D eigenvalue weighted by Crippen LogP contribution is 2.20. The Hall–Kier alpha value is -1.39. The number of halogens is 1. The van der Waals surface area contributed by atoms with E-state index >= 15 is 0 Å². The van der Waals surface area contributed by atoms with E-state index < -0.39 is 11.5 Å². The van der Waals surface area contributed by atoms with Crippen LogP contribution >= 0.6 is 12.4 Å². The van der Waals surface area contributed by atoms with Gasteiger partial charge in [0.05, 0.1) is 6.54 Å². The normalized spacial score (nSPS) is 19.4. The number of ether oxygens (including phenoxy) is 1. The summed E-state index contributed by atoms with van der Waals surface area (Å²) < 4.78 is 5.32. The molecule has 22 heavy (non-hydrogen) atoms. The third-order valence-electron chi connectivity index (χ3n) is 3.44. The summed E-state index contributed by atoms with van der Waals surface area (Å²) in [6.07, 6.45) is 0.542. The number of piperidine rings is 1. The van der Waals surface area contributed by atoms with Crippen molar-refractivity contribution in [3.05, 3.63) is 35.9 Å². The van der Waals surface area contributed by atoms with Gasteiger partial charge in [-0.05, 0) is 32.8 Å². The summed E-state index contributed by atoms with van der Waals surface area (Å²) >= 11 is 0. The van der Waals surface area contributed by atoms with Crippen molar-refractivity contribution in [3.63, 3.8) is 0 Å². The number of likely N-dealkylation sites (tertiary alicyclic amines) is 1. The lowest BCUT2D eigenvalue weighted by Crippen LogP contribution is -2.45. The summed E-state index contributed by atoms with van der Waals surface area (Å²) in [6.45, 7) is 7.26. The number of hydrogen-bond donors (Lipinski definition) is 0. The van der Waals surface area contributed by atoms with Gasteiger partial charge in [-0.2, -0.15) is 0 Å². The van der Waals surface area contributed by atoms with Gasteiger partial charge in [0.25, 0.3) is 0 Å². The van der Waals surface area contributed by atoms with Crippen molar-refractivity contribution in [1.82, 2.24) is 4.90 Å². The van der Waals surface area contributed by atoms with Gasteiger partial charge in [0.15, 0.2) is 5.78 Å². The zero-order valence-corrected chi connectivity index (χ0v) is 14.2. The molecule has 5 heteroatoms. The van der Waals surface area contributed by atoms with E-state index in [1.54, 1.807) is 0 Å². The molecule has 1 fully saturated rings. The van der Waals surface area contributed by atoms with Crippen LogP contribution in [0.15, 0.2) is 30.3 Å². The number of carbonyl (C=O) groups is 2. The van der Waals surface area contributed by atoms with Crippen molar-refractivity contribution in [2.75, 3.05) is 13.1 Å². The van der Waals surface area contributed by atoms with Gasteiger partial charge >= 0.3 is 5.97 Å². The van der Waals surface area contributed by atoms with Gasteiger partial charge in [-0.1, -0.05) is 30.3 Å². The zero-order chi connectivity index (χ0) is 15.5. The van der Waals surface area contributed by atoms with Crippen LogP contribution in [0.5, 0.6) is 0 Å². The lowest BCUT2D eigenvalue weighted by atomic mass is 9.95. The first-order valence-electron chi connectivity index (χ1n) is 7.37. The maximum Gasteiger partial charge on any atom is 0.317 e. The second kappa shape index (κ2) is 7.75. The average molecular weight is 326 g/mol. The zero-order valence-electron chi connectivity index (χ0n) is 13.4. The first-order chi connectivity index (χ1) is 9.85. The summed E-state index contributed by atoms with van der Waals surface area (Å²) in [5, 5.41) is 0. The van der Waals surface area contributed by atoms with Crippen LogP contribution in [0.2, 0.25) is 0 Å². The van der Waals surface area contributed by atoms with Gasteiger partial charge in [0.1, 0.15) is 11.5 Å². The maximum atomic E-state index is 12.2. The molecule has 0 aliphatic carbocycles. The monoisotopic (exact) mass is 325 g/mol. The molecule has 1 heterocycles. The van der Waals surface area contributed by atoms with E-state index in [9.17, 15) is 9.59 Å². The molecule has 0 bridgehead atoms. The number of benzene rings is 1.